The van der Waals surface area contributed by atoms with Gasteiger partial charge in [-0.2, -0.15) is 13.2 Å². The van der Waals surface area contributed by atoms with Gasteiger partial charge in [-0.15, -0.1) is 11.8 Å². The Morgan fingerprint density at radius 1 is 1.00 bits per heavy atom. The van der Waals surface area contributed by atoms with Crippen LogP contribution in [0, 0.1) is 5.82 Å². The quantitative estimate of drug-likeness (QED) is 0.187. The second-order valence-corrected chi connectivity index (χ2v) is 9.60. The van der Waals surface area contributed by atoms with Crippen molar-refractivity contribution in [1.82, 2.24) is 0 Å². The lowest BCUT2D eigenvalue weighted by Gasteiger charge is -2.19. The molecule has 0 bridgehead atoms. The smallest absolute Gasteiger partial charge is 0.416 e. The fraction of sp³-hybridized carbons (Fsp3) is 0.321. The molecule has 0 amide bonds. The standard InChI is InChI=1S/C28H28F4O4S/c1-3-19-16-22(11-8-20(19)9-13-27(33)34)37-15-14-18(2)35-25-12-10-21(28(30,31)32)17-26(25)36-24-7-5-4-6-23(24)29/h4-8,10-12,16-18H,3,9,13-15H2,1-2H3,(H,33,34). The fourth-order valence-corrected chi connectivity index (χ4v) is 4.71. The van der Waals surface area contributed by atoms with Crippen LogP contribution >= 0.6 is 11.8 Å². The molecular formula is C28H28F4O4S. The van der Waals surface area contributed by atoms with Crippen LogP contribution in [-0.4, -0.2) is 22.9 Å². The molecule has 9 heteroatoms. The maximum Gasteiger partial charge on any atom is 0.416 e. The van der Waals surface area contributed by atoms with Crippen LogP contribution in [0.1, 0.15) is 43.4 Å². The van der Waals surface area contributed by atoms with Crippen molar-refractivity contribution in [1.29, 1.82) is 0 Å². The number of halogens is 4. The third-order valence-corrected chi connectivity index (χ3v) is 6.64. The van der Waals surface area contributed by atoms with Crippen molar-refractivity contribution in [3.05, 3.63) is 83.2 Å². The molecule has 1 atom stereocenters. The Morgan fingerprint density at radius 3 is 2.43 bits per heavy atom. The first kappa shape index (κ1) is 28.4. The minimum Gasteiger partial charge on any atom is -0.487 e. The highest BCUT2D eigenvalue weighted by atomic mass is 32.2. The second-order valence-electron chi connectivity index (χ2n) is 8.44. The minimum absolute atomic E-state index is 0.0842. The lowest BCUT2D eigenvalue weighted by atomic mass is 10.0. The SMILES string of the molecule is CCc1cc(SCCC(C)Oc2ccc(C(F)(F)F)cc2Oc2ccccc2F)ccc1CCC(=O)O. The van der Waals surface area contributed by atoms with E-state index in [0.717, 1.165) is 40.6 Å². The topological polar surface area (TPSA) is 55.8 Å². The molecule has 0 aromatic heterocycles. The molecule has 0 saturated heterocycles. The molecule has 0 radical (unpaired) electrons. The van der Waals surface area contributed by atoms with E-state index in [4.69, 9.17) is 14.6 Å². The van der Waals surface area contributed by atoms with Gasteiger partial charge in [0.05, 0.1) is 11.7 Å². The van der Waals surface area contributed by atoms with Crippen LogP contribution in [0.5, 0.6) is 17.2 Å². The Labute approximate surface area is 217 Å². The van der Waals surface area contributed by atoms with Gasteiger partial charge in [-0.1, -0.05) is 25.1 Å². The van der Waals surface area contributed by atoms with Gasteiger partial charge < -0.3 is 14.6 Å². The summed E-state index contributed by atoms with van der Waals surface area (Å²) < 4.78 is 65.2. The molecule has 0 saturated carbocycles. The third-order valence-electron chi connectivity index (χ3n) is 5.62. The number of alkyl halides is 3. The van der Waals surface area contributed by atoms with E-state index in [-0.39, 0.29) is 29.8 Å². The predicted octanol–water partition coefficient (Wildman–Crippen LogP) is 8.17. The zero-order valence-electron chi connectivity index (χ0n) is 20.5. The molecular weight excluding hydrogens is 508 g/mol. The third kappa shape index (κ3) is 8.42. The first-order valence-electron chi connectivity index (χ1n) is 11.8. The molecule has 0 spiro atoms. The summed E-state index contributed by atoms with van der Waals surface area (Å²) in [6, 6.07) is 14.3. The van der Waals surface area contributed by atoms with Crippen molar-refractivity contribution in [2.75, 3.05) is 5.75 Å². The number of carbonyl (C=O) groups is 1. The molecule has 0 aliphatic heterocycles. The predicted molar refractivity (Wildman–Crippen MR) is 135 cm³/mol. The van der Waals surface area contributed by atoms with Gasteiger partial charge in [0.15, 0.2) is 23.1 Å². The van der Waals surface area contributed by atoms with Gasteiger partial charge in [0.2, 0.25) is 0 Å². The van der Waals surface area contributed by atoms with Crippen molar-refractivity contribution in [3.8, 4) is 17.2 Å². The molecule has 1 unspecified atom stereocenters. The average Bonchev–Trinajstić information content (AvgIpc) is 2.84. The molecule has 37 heavy (non-hydrogen) atoms. The molecule has 1 N–H and O–H groups in total. The van der Waals surface area contributed by atoms with Crippen LogP contribution in [0.25, 0.3) is 0 Å². The first-order valence-corrected chi connectivity index (χ1v) is 12.8. The number of para-hydroxylation sites is 1. The van der Waals surface area contributed by atoms with Crippen LogP contribution in [0.4, 0.5) is 17.6 Å². The van der Waals surface area contributed by atoms with Gasteiger partial charge in [0.25, 0.3) is 0 Å². The van der Waals surface area contributed by atoms with Gasteiger partial charge in [0.1, 0.15) is 0 Å². The van der Waals surface area contributed by atoms with Crippen LogP contribution in [-0.2, 0) is 23.8 Å². The van der Waals surface area contributed by atoms with Crippen molar-refractivity contribution in [3.63, 3.8) is 0 Å². The Bertz CT molecular complexity index is 1210. The summed E-state index contributed by atoms with van der Waals surface area (Å²) in [5.41, 5.74) is 1.21. The largest absolute Gasteiger partial charge is 0.487 e. The van der Waals surface area contributed by atoms with Crippen molar-refractivity contribution in [2.45, 2.75) is 56.7 Å². The number of ether oxygens (including phenoxy) is 2. The molecule has 0 aliphatic rings. The number of rotatable bonds is 12. The Hall–Kier alpha value is -3.20. The highest BCUT2D eigenvalue weighted by Crippen LogP contribution is 2.39. The number of aryl methyl sites for hydroxylation is 2. The summed E-state index contributed by atoms with van der Waals surface area (Å²) in [7, 11) is 0. The number of benzene rings is 3. The van der Waals surface area contributed by atoms with Gasteiger partial charge in [-0.05, 0) is 79.8 Å². The zero-order valence-corrected chi connectivity index (χ0v) is 21.3. The van der Waals surface area contributed by atoms with E-state index in [1.165, 1.54) is 24.3 Å². The molecule has 198 valence electrons. The molecule has 4 nitrogen and oxygen atoms in total. The molecule has 3 aromatic carbocycles. The van der Waals surface area contributed by atoms with E-state index in [9.17, 15) is 22.4 Å². The summed E-state index contributed by atoms with van der Waals surface area (Å²) >= 11 is 1.61. The van der Waals surface area contributed by atoms with E-state index >= 15 is 0 Å². The van der Waals surface area contributed by atoms with Crippen LogP contribution < -0.4 is 9.47 Å². The molecule has 0 heterocycles. The number of hydrogen-bond acceptors (Lipinski definition) is 4. The molecule has 0 fully saturated rings. The zero-order chi connectivity index (χ0) is 27.0. The highest BCUT2D eigenvalue weighted by Gasteiger charge is 2.32. The monoisotopic (exact) mass is 536 g/mol. The normalized spacial score (nSPS) is 12.3. The van der Waals surface area contributed by atoms with E-state index in [2.05, 4.69) is 6.07 Å². The van der Waals surface area contributed by atoms with Crippen molar-refractivity contribution in [2.24, 2.45) is 0 Å². The summed E-state index contributed by atoms with van der Waals surface area (Å²) in [5, 5.41) is 8.93. The van der Waals surface area contributed by atoms with Gasteiger partial charge in [0, 0.05) is 17.1 Å². The van der Waals surface area contributed by atoms with Crippen LogP contribution in [0.2, 0.25) is 0 Å². The Morgan fingerprint density at radius 2 is 1.76 bits per heavy atom. The maximum atomic E-state index is 14.1. The van der Waals surface area contributed by atoms with E-state index < -0.39 is 23.5 Å². The molecule has 0 aliphatic carbocycles. The summed E-state index contributed by atoms with van der Waals surface area (Å²) in [6.07, 6.45) is -2.99. The number of hydrogen-bond donors (Lipinski definition) is 1. The van der Waals surface area contributed by atoms with Crippen molar-refractivity contribution < 1.29 is 36.9 Å². The highest BCUT2D eigenvalue weighted by molar-refractivity contribution is 7.99. The summed E-state index contributed by atoms with van der Waals surface area (Å²) in [6.45, 7) is 3.83. The Kier molecular flexibility index (Phi) is 9.86. The molecule has 3 rings (SSSR count). The number of carboxylic acid groups (broad SMARTS) is 1. The molecule has 3 aromatic rings. The number of carboxylic acids is 1. The average molecular weight is 537 g/mol. The fourth-order valence-electron chi connectivity index (χ4n) is 3.63. The minimum atomic E-state index is -4.59. The van der Waals surface area contributed by atoms with Crippen LogP contribution in [0.3, 0.4) is 0 Å². The first-order chi connectivity index (χ1) is 17.6. The second kappa shape index (κ2) is 12.9. The number of thioether (sulfide) groups is 1. The van der Waals surface area contributed by atoms with Crippen LogP contribution in [0.15, 0.2) is 65.6 Å². The summed E-state index contributed by atoms with van der Waals surface area (Å²) in [4.78, 5) is 11.9. The van der Waals surface area contributed by atoms with Gasteiger partial charge in [-0.25, -0.2) is 4.39 Å². The van der Waals surface area contributed by atoms with Gasteiger partial charge in [-0.3, -0.25) is 4.79 Å². The van der Waals surface area contributed by atoms with E-state index in [0.29, 0.717) is 18.6 Å². The Balaban J connectivity index is 1.65. The lowest BCUT2D eigenvalue weighted by Crippen LogP contribution is -2.14. The van der Waals surface area contributed by atoms with Crippen molar-refractivity contribution >= 4 is 17.7 Å². The number of aliphatic carboxylic acids is 1. The lowest BCUT2D eigenvalue weighted by molar-refractivity contribution is -0.138. The van der Waals surface area contributed by atoms with Gasteiger partial charge >= 0.3 is 12.1 Å². The van der Waals surface area contributed by atoms with E-state index in [1.807, 2.05) is 19.1 Å². The summed E-state index contributed by atoms with van der Waals surface area (Å²) in [5.74, 6) is -1.17. The van der Waals surface area contributed by atoms with E-state index in [1.54, 1.807) is 18.7 Å². The maximum absolute atomic E-state index is 14.1.